The molecule has 1 aliphatic rings. The van der Waals surface area contributed by atoms with Gasteiger partial charge in [0, 0.05) is 6.42 Å². The molecule has 2 aromatic rings. The molecule has 0 bridgehead atoms. The molecule has 2 nitrogen and oxygen atoms in total. The van der Waals surface area contributed by atoms with Crippen molar-refractivity contribution in [3.8, 4) is 0 Å². The quantitative estimate of drug-likeness (QED) is 0.758. The van der Waals surface area contributed by atoms with Gasteiger partial charge in [-0.3, -0.25) is 0 Å². The standard InChI is InChI=1S/C16H14N2/c1-12-6-5-9-14(10-12)16-11-15(17-18-16)13-7-3-2-4-8-13/h2-10H,11H2,1H3. The van der Waals surface area contributed by atoms with Gasteiger partial charge in [-0.15, -0.1) is 0 Å². The number of hydrogen-bond acceptors (Lipinski definition) is 2. The second-order valence-electron chi connectivity index (χ2n) is 4.51. The van der Waals surface area contributed by atoms with Crippen LogP contribution >= 0.6 is 0 Å². The third-order valence-electron chi connectivity index (χ3n) is 3.08. The summed E-state index contributed by atoms with van der Waals surface area (Å²) in [6.45, 7) is 2.10. The molecular weight excluding hydrogens is 220 g/mol. The lowest BCUT2D eigenvalue weighted by Gasteiger charge is -2.02. The van der Waals surface area contributed by atoms with Crippen LogP contribution in [-0.4, -0.2) is 11.4 Å². The first kappa shape index (κ1) is 10.9. The summed E-state index contributed by atoms with van der Waals surface area (Å²) in [6, 6.07) is 18.6. The Labute approximate surface area is 107 Å². The van der Waals surface area contributed by atoms with Crippen molar-refractivity contribution in [2.75, 3.05) is 0 Å². The fourth-order valence-corrected chi connectivity index (χ4v) is 2.12. The van der Waals surface area contributed by atoms with Gasteiger partial charge >= 0.3 is 0 Å². The summed E-state index contributed by atoms with van der Waals surface area (Å²) in [4.78, 5) is 0. The van der Waals surface area contributed by atoms with Crippen molar-refractivity contribution < 1.29 is 0 Å². The first-order valence-electron chi connectivity index (χ1n) is 6.09. The Balaban J connectivity index is 1.82. The molecule has 2 aromatic carbocycles. The summed E-state index contributed by atoms with van der Waals surface area (Å²) in [6.07, 6.45) is 0.813. The Kier molecular flexibility index (Phi) is 2.77. The first-order valence-corrected chi connectivity index (χ1v) is 6.09. The molecule has 0 atom stereocenters. The van der Waals surface area contributed by atoms with Gasteiger partial charge in [-0.2, -0.15) is 10.2 Å². The van der Waals surface area contributed by atoms with E-state index in [1.54, 1.807) is 0 Å². The van der Waals surface area contributed by atoms with E-state index < -0.39 is 0 Å². The zero-order valence-electron chi connectivity index (χ0n) is 10.3. The predicted octanol–water partition coefficient (Wildman–Crippen LogP) is 3.59. The summed E-state index contributed by atoms with van der Waals surface area (Å²) in [5, 5.41) is 8.61. The van der Waals surface area contributed by atoms with Crippen LogP contribution in [0, 0.1) is 6.92 Å². The Bertz CT molecular complexity index is 625. The largest absolute Gasteiger partial charge is 0.154 e. The summed E-state index contributed by atoms with van der Waals surface area (Å²) in [5.41, 5.74) is 5.68. The molecule has 0 aliphatic carbocycles. The zero-order valence-corrected chi connectivity index (χ0v) is 10.3. The van der Waals surface area contributed by atoms with Gasteiger partial charge < -0.3 is 0 Å². The highest BCUT2D eigenvalue weighted by atomic mass is 15.2. The minimum absolute atomic E-state index is 0.813. The molecule has 0 aromatic heterocycles. The Morgan fingerprint density at radius 1 is 0.778 bits per heavy atom. The van der Waals surface area contributed by atoms with Crippen LogP contribution in [0.25, 0.3) is 0 Å². The molecule has 1 aliphatic heterocycles. The molecule has 0 saturated carbocycles. The molecule has 0 fully saturated rings. The summed E-state index contributed by atoms with van der Waals surface area (Å²) < 4.78 is 0. The normalized spacial score (nSPS) is 14.3. The molecule has 88 valence electrons. The summed E-state index contributed by atoms with van der Waals surface area (Å²) in [5.74, 6) is 0. The van der Waals surface area contributed by atoms with Crippen LogP contribution in [-0.2, 0) is 0 Å². The number of rotatable bonds is 2. The van der Waals surface area contributed by atoms with Gasteiger partial charge in [0.2, 0.25) is 0 Å². The Hall–Kier alpha value is -2.22. The van der Waals surface area contributed by atoms with Gasteiger partial charge in [-0.05, 0) is 18.1 Å². The SMILES string of the molecule is Cc1cccc(C2=NN=C(c3ccccc3)C2)c1. The molecular formula is C16H14N2. The van der Waals surface area contributed by atoms with Crippen LogP contribution in [0.4, 0.5) is 0 Å². The van der Waals surface area contributed by atoms with Crippen LogP contribution in [0.3, 0.4) is 0 Å². The van der Waals surface area contributed by atoms with E-state index in [0.717, 1.165) is 23.4 Å². The number of aryl methyl sites for hydroxylation is 1. The van der Waals surface area contributed by atoms with E-state index in [-0.39, 0.29) is 0 Å². The predicted molar refractivity (Wildman–Crippen MR) is 75.3 cm³/mol. The van der Waals surface area contributed by atoms with Gasteiger partial charge in [-0.25, -0.2) is 0 Å². The monoisotopic (exact) mass is 234 g/mol. The van der Waals surface area contributed by atoms with Crippen molar-refractivity contribution in [2.24, 2.45) is 10.2 Å². The maximum atomic E-state index is 4.31. The van der Waals surface area contributed by atoms with Gasteiger partial charge in [0.1, 0.15) is 0 Å². The highest BCUT2D eigenvalue weighted by molar-refractivity contribution is 6.20. The average molecular weight is 234 g/mol. The maximum Gasteiger partial charge on any atom is 0.0763 e. The maximum absolute atomic E-state index is 4.31. The third-order valence-corrected chi connectivity index (χ3v) is 3.08. The van der Waals surface area contributed by atoms with Gasteiger partial charge in [0.15, 0.2) is 0 Å². The first-order chi connectivity index (χ1) is 8.83. The van der Waals surface area contributed by atoms with Crippen LogP contribution in [0.2, 0.25) is 0 Å². The topological polar surface area (TPSA) is 24.7 Å². The van der Waals surface area contributed by atoms with Crippen LogP contribution in [0.15, 0.2) is 64.8 Å². The highest BCUT2D eigenvalue weighted by Gasteiger charge is 2.15. The second kappa shape index (κ2) is 4.57. The van der Waals surface area contributed by atoms with E-state index in [0.29, 0.717) is 0 Å². The Morgan fingerprint density at radius 3 is 2.17 bits per heavy atom. The molecule has 0 N–H and O–H groups in total. The third kappa shape index (κ3) is 2.09. The van der Waals surface area contributed by atoms with Crippen molar-refractivity contribution in [1.82, 2.24) is 0 Å². The molecule has 0 unspecified atom stereocenters. The van der Waals surface area contributed by atoms with Crippen molar-refractivity contribution in [3.63, 3.8) is 0 Å². The fourth-order valence-electron chi connectivity index (χ4n) is 2.12. The smallest absolute Gasteiger partial charge is 0.0763 e. The molecule has 1 heterocycles. The number of benzene rings is 2. The van der Waals surface area contributed by atoms with Crippen molar-refractivity contribution >= 4 is 11.4 Å². The minimum Gasteiger partial charge on any atom is -0.154 e. The molecule has 2 heteroatoms. The van der Waals surface area contributed by atoms with Gasteiger partial charge in [-0.1, -0.05) is 60.2 Å². The molecule has 18 heavy (non-hydrogen) atoms. The van der Waals surface area contributed by atoms with Crippen LogP contribution < -0.4 is 0 Å². The van der Waals surface area contributed by atoms with Crippen LogP contribution in [0.1, 0.15) is 23.1 Å². The highest BCUT2D eigenvalue weighted by Crippen LogP contribution is 2.17. The number of nitrogens with zero attached hydrogens (tertiary/aromatic N) is 2. The lowest BCUT2D eigenvalue weighted by atomic mass is 10.00. The van der Waals surface area contributed by atoms with Gasteiger partial charge in [0.05, 0.1) is 11.4 Å². The van der Waals surface area contributed by atoms with Crippen LogP contribution in [0.5, 0.6) is 0 Å². The lowest BCUT2D eigenvalue weighted by Crippen LogP contribution is -2.05. The molecule has 0 spiro atoms. The minimum atomic E-state index is 0.813. The van der Waals surface area contributed by atoms with E-state index >= 15 is 0 Å². The summed E-state index contributed by atoms with van der Waals surface area (Å²) >= 11 is 0. The number of hydrogen-bond donors (Lipinski definition) is 0. The van der Waals surface area contributed by atoms with E-state index in [1.807, 2.05) is 18.2 Å². The van der Waals surface area contributed by atoms with Crippen molar-refractivity contribution in [2.45, 2.75) is 13.3 Å². The Morgan fingerprint density at radius 2 is 1.44 bits per heavy atom. The molecule has 0 saturated heterocycles. The summed E-state index contributed by atoms with van der Waals surface area (Å²) in [7, 11) is 0. The molecule has 0 radical (unpaired) electrons. The van der Waals surface area contributed by atoms with E-state index in [9.17, 15) is 0 Å². The van der Waals surface area contributed by atoms with Crippen molar-refractivity contribution in [1.29, 1.82) is 0 Å². The van der Waals surface area contributed by atoms with E-state index in [4.69, 9.17) is 0 Å². The zero-order chi connectivity index (χ0) is 12.4. The lowest BCUT2D eigenvalue weighted by molar-refractivity contribution is 1.26. The second-order valence-corrected chi connectivity index (χ2v) is 4.51. The van der Waals surface area contributed by atoms with E-state index in [1.165, 1.54) is 11.1 Å². The fraction of sp³-hybridized carbons (Fsp3) is 0.125. The molecule has 3 rings (SSSR count). The van der Waals surface area contributed by atoms with E-state index in [2.05, 4.69) is 53.5 Å². The molecule has 0 amide bonds. The average Bonchev–Trinajstić information content (AvgIpc) is 2.89. The van der Waals surface area contributed by atoms with Gasteiger partial charge in [0.25, 0.3) is 0 Å². The van der Waals surface area contributed by atoms with Crippen molar-refractivity contribution in [3.05, 3.63) is 71.3 Å².